The van der Waals surface area contributed by atoms with E-state index in [0.717, 1.165) is 24.1 Å². The highest BCUT2D eigenvalue weighted by molar-refractivity contribution is 5.76. The maximum absolute atomic E-state index is 12.0. The largest absolute Gasteiger partial charge is 0.352 e. The first-order chi connectivity index (χ1) is 9.20. The number of nitrogens with zero attached hydrogens (tertiary/aromatic N) is 1. The van der Waals surface area contributed by atoms with Gasteiger partial charge in [-0.15, -0.1) is 0 Å². The number of hydrogen-bond acceptors (Lipinski definition) is 3. The van der Waals surface area contributed by atoms with Gasteiger partial charge in [-0.05, 0) is 38.5 Å². The van der Waals surface area contributed by atoms with E-state index in [-0.39, 0.29) is 5.91 Å². The van der Waals surface area contributed by atoms with E-state index in [4.69, 9.17) is 0 Å². The first-order valence-corrected chi connectivity index (χ1v) is 7.22. The van der Waals surface area contributed by atoms with E-state index < -0.39 is 0 Å². The Hall–Kier alpha value is -1.36. The number of nitrogens with one attached hydrogen (secondary N) is 3. The number of rotatable bonds is 4. The molecule has 3 heterocycles. The highest BCUT2D eigenvalue weighted by atomic mass is 16.1. The Kier molecular flexibility index (Phi) is 3.55. The zero-order valence-corrected chi connectivity index (χ0v) is 11.4. The van der Waals surface area contributed by atoms with Crippen molar-refractivity contribution in [1.82, 2.24) is 20.8 Å². The number of carbonyl (C=O) groups excluding carboxylic acids is 1. The fourth-order valence-corrected chi connectivity index (χ4v) is 3.42. The van der Waals surface area contributed by atoms with Crippen LogP contribution in [0.25, 0.3) is 0 Å². The zero-order valence-electron chi connectivity index (χ0n) is 11.4. The molecule has 0 saturated carbocycles. The van der Waals surface area contributed by atoms with Crippen LogP contribution in [0.1, 0.15) is 43.4 Å². The molecule has 2 saturated heterocycles. The van der Waals surface area contributed by atoms with Crippen LogP contribution < -0.4 is 10.6 Å². The average Bonchev–Trinajstić information content (AvgIpc) is 2.93. The van der Waals surface area contributed by atoms with E-state index in [9.17, 15) is 4.79 Å². The molecule has 2 bridgehead atoms. The lowest BCUT2D eigenvalue weighted by Gasteiger charge is -2.28. The Balaban J connectivity index is 1.45. The molecule has 1 aromatic heterocycles. The summed E-state index contributed by atoms with van der Waals surface area (Å²) in [5, 5.41) is 13.5. The molecule has 1 aromatic rings. The van der Waals surface area contributed by atoms with Gasteiger partial charge in [0.2, 0.25) is 5.91 Å². The second-order valence-electron chi connectivity index (χ2n) is 5.98. The highest BCUT2D eigenvalue weighted by Gasteiger charge is 2.34. The third-order valence-corrected chi connectivity index (χ3v) is 4.46. The van der Waals surface area contributed by atoms with Crippen molar-refractivity contribution in [2.75, 3.05) is 0 Å². The molecule has 104 valence electrons. The minimum Gasteiger partial charge on any atom is -0.352 e. The second kappa shape index (κ2) is 5.33. The summed E-state index contributed by atoms with van der Waals surface area (Å²) >= 11 is 0. The van der Waals surface area contributed by atoms with Gasteiger partial charge in [0, 0.05) is 36.3 Å². The Bertz CT molecular complexity index is 444. The molecule has 19 heavy (non-hydrogen) atoms. The van der Waals surface area contributed by atoms with Crippen molar-refractivity contribution in [3.63, 3.8) is 0 Å². The number of piperidine rings is 1. The molecule has 2 aliphatic heterocycles. The predicted molar refractivity (Wildman–Crippen MR) is 72.5 cm³/mol. The molecule has 0 radical (unpaired) electrons. The highest BCUT2D eigenvalue weighted by Crippen LogP contribution is 2.32. The summed E-state index contributed by atoms with van der Waals surface area (Å²) in [5.74, 6) is 0.732. The SMILES string of the molecule is Cc1[nH]ncc1CNC(=O)CC1CC2CCC(C1)N2. The standard InChI is InChI=1S/C14H22N4O/c1-9-11(8-16-18-9)7-15-14(19)6-10-4-12-2-3-13(5-10)17-12/h8,10,12-13,17H,2-7H2,1H3,(H,15,19)(H,16,18). The molecular formula is C14H22N4O. The van der Waals surface area contributed by atoms with Crippen molar-refractivity contribution in [1.29, 1.82) is 0 Å². The zero-order chi connectivity index (χ0) is 13.2. The van der Waals surface area contributed by atoms with Gasteiger partial charge < -0.3 is 10.6 Å². The minimum atomic E-state index is 0.173. The molecule has 5 heteroatoms. The smallest absolute Gasteiger partial charge is 0.220 e. The van der Waals surface area contributed by atoms with Gasteiger partial charge in [-0.2, -0.15) is 5.10 Å². The van der Waals surface area contributed by atoms with Crippen LogP contribution in [0.4, 0.5) is 0 Å². The molecule has 2 atom stereocenters. The fourth-order valence-electron chi connectivity index (χ4n) is 3.42. The van der Waals surface area contributed by atoms with Crippen LogP contribution in [-0.4, -0.2) is 28.2 Å². The Morgan fingerprint density at radius 3 is 2.79 bits per heavy atom. The van der Waals surface area contributed by atoms with Gasteiger partial charge in [-0.3, -0.25) is 9.89 Å². The summed E-state index contributed by atoms with van der Waals surface area (Å²) in [7, 11) is 0. The number of amides is 1. The van der Waals surface area contributed by atoms with Gasteiger partial charge in [0.25, 0.3) is 0 Å². The number of fused-ring (bicyclic) bond motifs is 2. The van der Waals surface area contributed by atoms with Gasteiger partial charge >= 0.3 is 0 Å². The summed E-state index contributed by atoms with van der Waals surface area (Å²) < 4.78 is 0. The van der Waals surface area contributed by atoms with Crippen LogP contribution in [0.3, 0.4) is 0 Å². The molecule has 2 unspecified atom stereocenters. The van der Waals surface area contributed by atoms with E-state index in [0.29, 0.717) is 31.0 Å². The summed E-state index contributed by atoms with van der Waals surface area (Å²) in [6.07, 6.45) is 7.35. The summed E-state index contributed by atoms with van der Waals surface area (Å²) in [5.41, 5.74) is 2.10. The van der Waals surface area contributed by atoms with Crippen LogP contribution in [0, 0.1) is 12.8 Å². The van der Waals surface area contributed by atoms with Gasteiger partial charge in [-0.1, -0.05) is 0 Å². The normalized spacial score (nSPS) is 29.4. The third-order valence-electron chi connectivity index (χ3n) is 4.46. The molecule has 2 fully saturated rings. The van der Waals surface area contributed by atoms with Crippen molar-refractivity contribution < 1.29 is 4.79 Å². The van der Waals surface area contributed by atoms with Crippen LogP contribution >= 0.6 is 0 Å². The number of hydrogen-bond donors (Lipinski definition) is 3. The molecule has 0 aliphatic carbocycles. The van der Waals surface area contributed by atoms with Crippen LogP contribution in [0.2, 0.25) is 0 Å². The van der Waals surface area contributed by atoms with Gasteiger partial charge in [0.05, 0.1) is 6.20 Å². The minimum absolute atomic E-state index is 0.173. The van der Waals surface area contributed by atoms with E-state index in [1.165, 1.54) is 12.8 Å². The van der Waals surface area contributed by atoms with E-state index in [1.807, 2.05) is 6.92 Å². The van der Waals surface area contributed by atoms with Crippen molar-refractivity contribution in [2.45, 2.75) is 57.7 Å². The molecule has 0 spiro atoms. The van der Waals surface area contributed by atoms with Gasteiger partial charge in [-0.25, -0.2) is 0 Å². The molecule has 1 amide bonds. The van der Waals surface area contributed by atoms with Crippen LogP contribution in [0.5, 0.6) is 0 Å². The van der Waals surface area contributed by atoms with Gasteiger partial charge in [0.1, 0.15) is 0 Å². The Morgan fingerprint density at radius 2 is 2.16 bits per heavy atom. The molecule has 2 aliphatic rings. The van der Waals surface area contributed by atoms with E-state index in [2.05, 4.69) is 20.8 Å². The first kappa shape index (κ1) is 12.7. The maximum Gasteiger partial charge on any atom is 0.220 e. The summed E-state index contributed by atoms with van der Waals surface area (Å²) in [6, 6.07) is 1.32. The van der Waals surface area contributed by atoms with Crippen molar-refractivity contribution >= 4 is 5.91 Å². The first-order valence-electron chi connectivity index (χ1n) is 7.22. The third kappa shape index (κ3) is 2.97. The number of aryl methyl sites for hydroxylation is 1. The fraction of sp³-hybridized carbons (Fsp3) is 0.714. The Morgan fingerprint density at radius 1 is 1.42 bits per heavy atom. The Labute approximate surface area is 113 Å². The van der Waals surface area contributed by atoms with Crippen LogP contribution in [-0.2, 0) is 11.3 Å². The summed E-state index contributed by atoms with van der Waals surface area (Å²) in [4.78, 5) is 12.0. The quantitative estimate of drug-likeness (QED) is 0.765. The van der Waals surface area contributed by atoms with Crippen molar-refractivity contribution in [2.24, 2.45) is 5.92 Å². The predicted octanol–water partition coefficient (Wildman–Crippen LogP) is 1.26. The van der Waals surface area contributed by atoms with Crippen molar-refractivity contribution in [3.05, 3.63) is 17.5 Å². The number of carbonyl (C=O) groups is 1. The lowest BCUT2D eigenvalue weighted by Crippen LogP contribution is -2.39. The number of aromatic nitrogens is 2. The number of H-pyrrole nitrogens is 1. The van der Waals surface area contributed by atoms with Crippen LogP contribution in [0.15, 0.2) is 6.20 Å². The van der Waals surface area contributed by atoms with E-state index >= 15 is 0 Å². The molecule has 5 nitrogen and oxygen atoms in total. The average molecular weight is 262 g/mol. The summed E-state index contributed by atoms with van der Waals surface area (Å²) in [6.45, 7) is 2.55. The second-order valence-corrected chi connectivity index (χ2v) is 5.98. The van der Waals surface area contributed by atoms with Crippen molar-refractivity contribution in [3.8, 4) is 0 Å². The molecule has 0 aromatic carbocycles. The topological polar surface area (TPSA) is 69.8 Å². The lowest BCUT2D eigenvalue weighted by molar-refractivity contribution is -0.122. The number of aromatic amines is 1. The molecule has 3 N–H and O–H groups in total. The lowest BCUT2D eigenvalue weighted by atomic mass is 9.89. The molecular weight excluding hydrogens is 240 g/mol. The monoisotopic (exact) mass is 262 g/mol. The van der Waals surface area contributed by atoms with Gasteiger partial charge in [0.15, 0.2) is 0 Å². The molecule has 3 rings (SSSR count). The van der Waals surface area contributed by atoms with E-state index in [1.54, 1.807) is 6.20 Å². The maximum atomic E-state index is 12.0.